The summed E-state index contributed by atoms with van der Waals surface area (Å²) in [5.74, 6) is 0.347. The Balaban J connectivity index is 2.11. The van der Waals surface area contributed by atoms with Gasteiger partial charge in [-0.05, 0) is 24.6 Å². The van der Waals surface area contributed by atoms with Gasteiger partial charge in [-0.2, -0.15) is 20.1 Å². The minimum absolute atomic E-state index is 0.0268. The number of likely N-dealkylation sites (N-methyl/N-ethyl adjacent to an activating group) is 1. The van der Waals surface area contributed by atoms with E-state index in [1.165, 1.54) is 4.68 Å². The zero-order valence-corrected chi connectivity index (χ0v) is 10.9. The van der Waals surface area contributed by atoms with E-state index in [1.807, 2.05) is 6.92 Å². The molecule has 0 aromatic carbocycles. The molecule has 2 heterocycles. The van der Waals surface area contributed by atoms with Crippen LogP contribution in [0.2, 0.25) is 5.28 Å². The van der Waals surface area contributed by atoms with Crippen LogP contribution in [0.25, 0.3) is 5.95 Å². The fourth-order valence-corrected chi connectivity index (χ4v) is 1.48. The van der Waals surface area contributed by atoms with Crippen molar-refractivity contribution in [2.24, 2.45) is 0 Å². The molecule has 0 aliphatic heterocycles. The third-order valence-corrected chi connectivity index (χ3v) is 2.26. The van der Waals surface area contributed by atoms with E-state index >= 15 is 0 Å². The standard InChI is InChI=1S/C10H12ClN7O/c1-2-12-7(19)6-13-9-15-8(11)16-10(17-9)18-5-3-4-14-18/h3-5H,2,6H2,1H3,(H,12,19)(H,13,15,16,17). The number of nitrogens with one attached hydrogen (secondary N) is 2. The van der Waals surface area contributed by atoms with E-state index in [1.54, 1.807) is 18.5 Å². The molecule has 2 aromatic heterocycles. The highest BCUT2D eigenvalue weighted by Gasteiger charge is 2.08. The SMILES string of the molecule is CCNC(=O)CNc1nc(Cl)nc(-n2cccn2)n1. The van der Waals surface area contributed by atoms with Crippen LogP contribution in [-0.2, 0) is 4.79 Å². The summed E-state index contributed by atoms with van der Waals surface area (Å²) >= 11 is 5.80. The molecule has 0 bridgehead atoms. The van der Waals surface area contributed by atoms with Gasteiger partial charge in [-0.15, -0.1) is 0 Å². The van der Waals surface area contributed by atoms with Gasteiger partial charge in [0.1, 0.15) is 0 Å². The Morgan fingerprint density at radius 1 is 1.42 bits per heavy atom. The zero-order valence-electron chi connectivity index (χ0n) is 10.2. The largest absolute Gasteiger partial charge is 0.355 e. The molecule has 100 valence electrons. The van der Waals surface area contributed by atoms with Gasteiger partial charge in [-0.25, -0.2) is 4.68 Å². The van der Waals surface area contributed by atoms with Crippen LogP contribution in [0.4, 0.5) is 5.95 Å². The number of halogens is 1. The maximum atomic E-state index is 11.3. The number of amides is 1. The Labute approximate surface area is 114 Å². The van der Waals surface area contributed by atoms with Gasteiger partial charge in [0.2, 0.25) is 17.1 Å². The first-order valence-electron chi connectivity index (χ1n) is 5.61. The highest BCUT2D eigenvalue weighted by Crippen LogP contribution is 2.08. The summed E-state index contributed by atoms with van der Waals surface area (Å²) in [6.45, 7) is 2.47. The molecule has 0 spiro atoms. The molecular weight excluding hydrogens is 270 g/mol. The number of rotatable bonds is 5. The first-order chi connectivity index (χ1) is 9.19. The average Bonchev–Trinajstić information content (AvgIpc) is 2.90. The minimum atomic E-state index is -0.153. The molecule has 0 fully saturated rings. The van der Waals surface area contributed by atoms with E-state index in [-0.39, 0.29) is 29.6 Å². The van der Waals surface area contributed by atoms with E-state index in [2.05, 4.69) is 30.7 Å². The second-order valence-electron chi connectivity index (χ2n) is 3.49. The normalized spacial score (nSPS) is 10.2. The highest BCUT2D eigenvalue weighted by atomic mass is 35.5. The second-order valence-corrected chi connectivity index (χ2v) is 3.82. The number of anilines is 1. The molecule has 2 aromatic rings. The van der Waals surface area contributed by atoms with Crippen molar-refractivity contribution in [3.63, 3.8) is 0 Å². The molecule has 0 aliphatic rings. The summed E-state index contributed by atoms with van der Waals surface area (Å²) in [6, 6.07) is 1.74. The Kier molecular flexibility index (Phi) is 4.24. The third kappa shape index (κ3) is 3.62. The molecule has 0 unspecified atom stereocenters. The fourth-order valence-electron chi connectivity index (χ4n) is 1.33. The topological polar surface area (TPSA) is 97.6 Å². The molecule has 0 radical (unpaired) electrons. The molecule has 0 atom stereocenters. The van der Waals surface area contributed by atoms with Gasteiger partial charge in [-0.1, -0.05) is 0 Å². The summed E-state index contributed by atoms with van der Waals surface area (Å²) in [6.07, 6.45) is 3.28. The van der Waals surface area contributed by atoms with Crippen molar-refractivity contribution in [3.8, 4) is 5.95 Å². The molecule has 9 heteroatoms. The fraction of sp³-hybridized carbons (Fsp3) is 0.300. The monoisotopic (exact) mass is 281 g/mol. The predicted octanol–water partition coefficient (Wildman–Crippen LogP) is 0.259. The van der Waals surface area contributed by atoms with Gasteiger partial charge < -0.3 is 10.6 Å². The van der Waals surface area contributed by atoms with E-state index < -0.39 is 0 Å². The second kappa shape index (κ2) is 6.10. The van der Waals surface area contributed by atoms with Crippen molar-refractivity contribution < 1.29 is 4.79 Å². The lowest BCUT2D eigenvalue weighted by molar-refractivity contribution is -0.119. The Morgan fingerprint density at radius 3 is 2.95 bits per heavy atom. The average molecular weight is 282 g/mol. The van der Waals surface area contributed by atoms with E-state index in [0.717, 1.165) is 0 Å². The summed E-state index contributed by atoms with van der Waals surface area (Å²) in [7, 11) is 0. The van der Waals surface area contributed by atoms with Crippen molar-refractivity contribution in [3.05, 3.63) is 23.7 Å². The molecule has 1 amide bonds. The van der Waals surface area contributed by atoms with Crippen molar-refractivity contribution in [1.82, 2.24) is 30.0 Å². The molecule has 2 N–H and O–H groups in total. The van der Waals surface area contributed by atoms with Gasteiger partial charge in [0.25, 0.3) is 5.95 Å². The predicted molar refractivity (Wildman–Crippen MR) is 69.1 cm³/mol. The van der Waals surface area contributed by atoms with E-state index in [0.29, 0.717) is 6.54 Å². The zero-order chi connectivity index (χ0) is 13.7. The van der Waals surface area contributed by atoms with Crippen LogP contribution in [0, 0.1) is 0 Å². The molecule has 0 saturated carbocycles. The lowest BCUT2D eigenvalue weighted by Crippen LogP contribution is -2.30. The van der Waals surface area contributed by atoms with Gasteiger partial charge >= 0.3 is 0 Å². The van der Waals surface area contributed by atoms with Crippen LogP contribution in [0.3, 0.4) is 0 Å². The van der Waals surface area contributed by atoms with Crippen LogP contribution in [0.1, 0.15) is 6.92 Å². The molecule has 2 rings (SSSR count). The highest BCUT2D eigenvalue weighted by molar-refractivity contribution is 6.28. The van der Waals surface area contributed by atoms with Gasteiger partial charge in [-0.3, -0.25) is 4.79 Å². The lowest BCUT2D eigenvalue weighted by atomic mass is 10.5. The summed E-state index contributed by atoms with van der Waals surface area (Å²) in [5, 5.41) is 9.44. The van der Waals surface area contributed by atoms with Crippen LogP contribution in [-0.4, -0.2) is 43.7 Å². The summed E-state index contributed by atoms with van der Waals surface area (Å²) in [4.78, 5) is 23.3. The Hall–Kier alpha value is -2.22. The summed E-state index contributed by atoms with van der Waals surface area (Å²) in [5.41, 5.74) is 0. The number of nitrogens with zero attached hydrogens (tertiary/aromatic N) is 5. The molecular formula is C10H12ClN7O. The quantitative estimate of drug-likeness (QED) is 0.816. The molecule has 8 nitrogen and oxygen atoms in total. The number of aromatic nitrogens is 5. The minimum Gasteiger partial charge on any atom is -0.355 e. The number of carbonyl (C=O) groups is 1. The van der Waals surface area contributed by atoms with Crippen LogP contribution in [0.5, 0.6) is 0 Å². The third-order valence-electron chi connectivity index (χ3n) is 2.09. The van der Waals surface area contributed by atoms with Crippen LogP contribution < -0.4 is 10.6 Å². The van der Waals surface area contributed by atoms with Crippen molar-refractivity contribution in [2.75, 3.05) is 18.4 Å². The number of carbonyl (C=O) groups excluding carboxylic acids is 1. The van der Waals surface area contributed by atoms with Crippen molar-refractivity contribution in [1.29, 1.82) is 0 Å². The summed E-state index contributed by atoms with van der Waals surface area (Å²) < 4.78 is 1.45. The Bertz CT molecular complexity index is 557. The van der Waals surface area contributed by atoms with Gasteiger partial charge in [0, 0.05) is 18.9 Å². The molecule has 0 saturated heterocycles. The first kappa shape index (κ1) is 13.2. The maximum absolute atomic E-state index is 11.3. The van der Waals surface area contributed by atoms with Gasteiger partial charge in [0.05, 0.1) is 6.54 Å². The van der Waals surface area contributed by atoms with Crippen molar-refractivity contribution >= 4 is 23.5 Å². The van der Waals surface area contributed by atoms with Crippen LogP contribution >= 0.6 is 11.6 Å². The van der Waals surface area contributed by atoms with Crippen LogP contribution in [0.15, 0.2) is 18.5 Å². The molecule has 0 aliphatic carbocycles. The maximum Gasteiger partial charge on any atom is 0.256 e. The number of hydrogen-bond acceptors (Lipinski definition) is 6. The van der Waals surface area contributed by atoms with E-state index in [4.69, 9.17) is 11.6 Å². The van der Waals surface area contributed by atoms with Gasteiger partial charge in [0.15, 0.2) is 0 Å². The smallest absolute Gasteiger partial charge is 0.256 e. The first-order valence-corrected chi connectivity index (χ1v) is 5.99. The Morgan fingerprint density at radius 2 is 2.26 bits per heavy atom. The number of hydrogen-bond donors (Lipinski definition) is 2. The lowest BCUT2D eigenvalue weighted by Gasteiger charge is -2.06. The molecule has 19 heavy (non-hydrogen) atoms. The van der Waals surface area contributed by atoms with Crippen molar-refractivity contribution in [2.45, 2.75) is 6.92 Å². The van der Waals surface area contributed by atoms with E-state index in [9.17, 15) is 4.79 Å².